The van der Waals surface area contributed by atoms with E-state index in [9.17, 15) is 13.2 Å². The first-order chi connectivity index (χ1) is 10.8. The number of carboxylic acid groups (broad SMARTS) is 1. The van der Waals surface area contributed by atoms with Gasteiger partial charge in [0.25, 0.3) is 10.0 Å². The van der Waals surface area contributed by atoms with Gasteiger partial charge in [-0.1, -0.05) is 12.1 Å². The number of methoxy groups -OCH3 is 1. The van der Waals surface area contributed by atoms with Crippen LogP contribution in [0.4, 0.5) is 5.69 Å². The summed E-state index contributed by atoms with van der Waals surface area (Å²) in [5.41, 5.74) is 1.30. The molecule has 0 unspecified atom stereocenters. The highest BCUT2D eigenvalue weighted by molar-refractivity contribution is 7.92. The third kappa shape index (κ3) is 3.45. The summed E-state index contributed by atoms with van der Waals surface area (Å²) in [7, 11) is -2.51. The second-order valence-corrected chi connectivity index (χ2v) is 6.68. The molecule has 0 saturated heterocycles. The minimum Gasteiger partial charge on any atom is -0.495 e. The molecule has 0 heterocycles. The standard InChI is InChI=1S/C16H17NO5S/c1-10-8-12(16(18)19)9-15(11(10)2)23(20,21)17-13-6-4-5-7-14(13)22-3/h4-9,17H,1-3H3,(H,18,19). The van der Waals surface area contributed by atoms with Crippen LogP contribution >= 0.6 is 0 Å². The molecule has 2 N–H and O–H groups in total. The Hall–Kier alpha value is -2.54. The van der Waals surface area contributed by atoms with Crippen LogP contribution in [0.1, 0.15) is 21.5 Å². The van der Waals surface area contributed by atoms with Gasteiger partial charge in [0, 0.05) is 0 Å². The Bertz CT molecular complexity index is 859. The molecule has 0 atom stereocenters. The molecule has 2 aromatic carbocycles. The molecule has 23 heavy (non-hydrogen) atoms. The summed E-state index contributed by atoms with van der Waals surface area (Å²) in [4.78, 5) is 11.1. The van der Waals surface area contributed by atoms with Crippen molar-refractivity contribution in [2.24, 2.45) is 0 Å². The van der Waals surface area contributed by atoms with Gasteiger partial charge in [-0.3, -0.25) is 4.72 Å². The number of ether oxygens (including phenoxy) is 1. The molecule has 0 aliphatic rings. The average Bonchev–Trinajstić information content (AvgIpc) is 2.49. The van der Waals surface area contributed by atoms with E-state index in [0.717, 1.165) is 6.07 Å². The SMILES string of the molecule is COc1ccccc1NS(=O)(=O)c1cc(C(=O)O)cc(C)c1C. The van der Waals surface area contributed by atoms with Gasteiger partial charge in [-0.2, -0.15) is 0 Å². The molecule has 0 fully saturated rings. The Morgan fingerprint density at radius 2 is 1.83 bits per heavy atom. The molecule has 0 spiro atoms. The predicted octanol–water partition coefficient (Wildman–Crippen LogP) is 2.81. The minimum absolute atomic E-state index is 0.0687. The second-order valence-electron chi connectivity index (χ2n) is 5.03. The van der Waals surface area contributed by atoms with Gasteiger partial charge in [-0.25, -0.2) is 13.2 Å². The Morgan fingerprint density at radius 3 is 2.43 bits per heavy atom. The van der Waals surface area contributed by atoms with Crippen LogP contribution in [0.25, 0.3) is 0 Å². The van der Waals surface area contributed by atoms with E-state index in [4.69, 9.17) is 9.84 Å². The molecule has 0 aromatic heterocycles. The fourth-order valence-electron chi connectivity index (χ4n) is 2.16. The first-order valence-corrected chi connectivity index (χ1v) is 8.25. The van der Waals surface area contributed by atoms with Crippen molar-refractivity contribution in [3.8, 4) is 5.75 Å². The van der Waals surface area contributed by atoms with Crippen molar-refractivity contribution in [3.05, 3.63) is 53.1 Å². The molecular weight excluding hydrogens is 318 g/mol. The van der Waals surface area contributed by atoms with Gasteiger partial charge in [-0.15, -0.1) is 0 Å². The Balaban J connectivity index is 2.54. The van der Waals surface area contributed by atoms with E-state index >= 15 is 0 Å². The van der Waals surface area contributed by atoms with E-state index in [1.165, 1.54) is 13.2 Å². The molecule has 122 valence electrons. The van der Waals surface area contributed by atoms with Crippen LogP contribution in [-0.4, -0.2) is 26.6 Å². The van der Waals surface area contributed by atoms with Gasteiger partial charge >= 0.3 is 5.97 Å². The maximum Gasteiger partial charge on any atom is 0.335 e. The summed E-state index contributed by atoms with van der Waals surface area (Å²) in [6.07, 6.45) is 0. The van der Waals surface area contributed by atoms with Crippen LogP contribution in [0.15, 0.2) is 41.3 Å². The summed E-state index contributed by atoms with van der Waals surface area (Å²) >= 11 is 0. The van der Waals surface area contributed by atoms with Crippen LogP contribution in [0, 0.1) is 13.8 Å². The van der Waals surface area contributed by atoms with Gasteiger partial charge in [0.05, 0.1) is 23.3 Å². The summed E-state index contributed by atoms with van der Waals surface area (Å²) < 4.78 is 32.9. The lowest BCUT2D eigenvalue weighted by molar-refractivity contribution is 0.0696. The number of nitrogens with one attached hydrogen (secondary N) is 1. The Morgan fingerprint density at radius 1 is 1.17 bits per heavy atom. The zero-order valence-corrected chi connectivity index (χ0v) is 13.8. The smallest absolute Gasteiger partial charge is 0.335 e. The van der Waals surface area contributed by atoms with Crippen molar-refractivity contribution < 1.29 is 23.1 Å². The highest BCUT2D eigenvalue weighted by atomic mass is 32.2. The van der Waals surface area contributed by atoms with Crippen LogP contribution in [0.2, 0.25) is 0 Å². The normalized spacial score (nSPS) is 11.1. The van der Waals surface area contributed by atoms with Crippen LogP contribution in [-0.2, 0) is 10.0 Å². The third-order valence-electron chi connectivity index (χ3n) is 3.51. The van der Waals surface area contributed by atoms with Crippen LogP contribution in [0.3, 0.4) is 0 Å². The number of sulfonamides is 1. The van der Waals surface area contributed by atoms with Crippen LogP contribution < -0.4 is 9.46 Å². The number of aromatic carboxylic acids is 1. The average molecular weight is 335 g/mol. The lowest BCUT2D eigenvalue weighted by Crippen LogP contribution is -2.16. The third-order valence-corrected chi connectivity index (χ3v) is 5.00. The maximum atomic E-state index is 12.7. The van der Waals surface area contributed by atoms with E-state index in [2.05, 4.69) is 4.72 Å². The summed E-state index contributed by atoms with van der Waals surface area (Å²) in [6, 6.07) is 9.19. The molecule has 6 nitrogen and oxygen atoms in total. The second kappa shape index (κ2) is 6.29. The van der Waals surface area contributed by atoms with E-state index in [-0.39, 0.29) is 16.1 Å². The predicted molar refractivity (Wildman–Crippen MR) is 86.7 cm³/mol. The molecule has 0 saturated carbocycles. The Kier molecular flexibility index (Phi) is 4.60. The summed E-state index contributed by atoms with van der Waals surface area (Å²) in [5.74, 6) is -0.804. The summed E-state index contributed by atoms with van der Waals surface area (Å²) in [6.45, 7) is 3.31. The van der Waals surface area contributed by atoms with Gasteiger partial charge in [0.1, 0.15) is 5.75 Å². The molecule has 0 aliphatic heterocycles. The van der Waals surface area contributed by atoms with Gasteiger partial charge in [0.15, 0.2) is 0 Å². The lowest BCUT2D eigenvalue weighted by Gasteiger charge is -2.15. The van der Waals surface area contributed by atoms with Gasteiger partial charge < -0.3 is 9.84 Å². The molecule has 0 bridgehead atoms. The molecule has 0 radical (unpaired) electrons. The van der Waals surface area contributed by atoms with Crippen LogP contribution in [0.5, 0.6) is 5.75 Å². The number of aryl methyl sites for hydroxylation is 1. The Labute approximate surface area is 134 Å². The van der Waals surface area contributed by atoms with Crippen molar-refractivity contribution in [2.45, 2.75) is 18.7 Å². The molecule has 2 aromatic rings. The molecule has 0 amide bonds. The number of carbonyl (C=O) groups is 1. The largest absolute Gasteiger partial charge is 0.495 e. The van der Waals surface area contributed by atoms with Gasteiger partial charge in [-0.05, 0) is 49.2 Å². The van der Waals surface area contributed by atoms with E-state index in [1.807, 2.05) is 0 Å². The van der Waals surface area contributed by atoms with Crippen molar-refractivity contribution in [2.75, 3.05) is 11.8 Å². The molecule has 7 heteroatoms. The zero-order chi connectivity index (χ0) is 17.2. The van der Waals surface area contributed by atoms with Crippen molar-refractivity contribution in [3.63, 3.8) is 0 Å². The molecule has 2 rings (SSSR count). The highest BCUT2D eigenvalue weighted by Gasteiger charge is 2.22. The molecule has 0 aliphatic carbocycles. The van der Waals surface area contributed by atoms with E-state index in [1.54, 1.807) is 38.1 Å². The van der Waals surface area contributed by atoms with E-state index < -0.39 is 16.0 Å². The number of carboxylic acids is 1. The first kappa shape index (κ1) is 16.8. The number of benzene rings is 2. The van der Waals surface area contributed by atoms with Crippen molar-refractivity contribution in [1.82, 2.24) is 0 Å². The van der Waals surface area contributed by atoms with E-state index in [0.29, 0.717) is 16.9 Å². The number of para-hydroxylation sites is 2. The number of hydrogen-bond donors (Lipinski definition) is 2. The number of rotatable bonds is 5. The fraction of sp³-hybridized carbons (Fsp3) is 0.188. The number of anilines is 1. The highest BCUT2D eigenvalue weighted by Crippen LogP contribution is 2.28. The monoisotopic (exact) mass is 335 g/mol. The maximum absolute atomic E-state index is 12.7. The lowest BCUT2D eigenvalue weighted by atomic mass is 10.1. The van der Waals surface area contributed by atoms with Crippen molar-refractivity contribution >= 4 is 21.7 Å². The van der Waals surface area contributed by atoms with Gasteiger partial charge in [0.2, 0.25) is 0 Å². The fourth-order valence-corrected chi connectivity index (χ4v) is 3.57. The summed E-state index contributed by atoms with van der Waals surface area (Å²) in [5, 5.41) is 9.13. The molecular formula is C16H17NO5S. The quantitative estimate of drug-likeness (QED) is 0.876. The topological polar surface area (TPSA) is 92.7 Å². The van der Waals surface area contributed by atoms with Crippen molar-refractivity contribution in [1.29, 1.82) is 0 Å². The number of hydrogen-bond acceptors (Lipinski definition) is 4. The zero-order valence-electron chi connectivity index (χ0n) is 13.0. The first-order valence-electron chi connectivity index (χ1n) is 6.76. The minimum atomic E-state index is -3.95.